The molecule has 0 heterocycles. The molecule has 0 aliphatic rings. The van der Waals surface area contributed by atoms with E-state index in [0.29, 0.717) is 11.8 Å². The highest BCUT2D eigenvalue weighted by Crippen LogP contribution is 2.32. The van der Waals surface area contributed by atoms with Crippen molar-refractivity contribution in [3.8, 4) is 0 Å². The molecule has 0 fully saturated rings. The first kappa shape index (κ1) is 16.5. The van der Waals surface area contributed by atoms with Gasteiger partial charge in [0, 0.05) is 15.2 Å². The van der Waals surface area contributed by atoms with Gasteiger partial charge in [-0.3, -0.25) is 0 Å². The summed E-state index contributed by atoms with van der Waals surface area (Å²) in [6.07, 6.45) is 3.07. The molecule has 1 rings (SSSR count). The van der Waals surface area contributed by atoms with Crippen LogP contribution in [-0.2, 0) is 6.42 Å². The summed E-state index contributed by atoms with van der Waals surface area (Å²) in [5, 5.41) is 0. The second-order valence-corrected chi connectivity index (χ2v) is 6.74. The van der Waals surface area contributed by atoms with Crippen LogP contribution >= 0.6 is 45.8 Å². The lowest BCUT2D eigenvalue weighted by Crippen LogP contribution is -2.25. The first-order valence-corrected chi connectivity index (χ1v) is 7.20. The molecule has 0 amide bonds. The third kappa shape index (κ3) is 5.71. The minimum absolute atomic E-state index is 0. The second-order valence-electron chi connectivity index (χ2n) is 3.69. The zero-order chi connectivity index (χ0) is 11.1. The van der Waals surface area contributed by atoms with Crippen molar-refractivity contribution in [1.82, 2.24) is 6.15 Å². The Labute approximate surface area is 122 Å². The summed E-state index contributed by atoms with van der Waals surface area (Å²) >= 11 is 14.2. The molecule has 1 nitrogen and oxygen atoms in total. The molecular weight excluding hydrogens is 356 g/mol. The number of quaternary nitrogens is 1. The monoisotopic (exact) mass is 374 g/mol. The van der Waals surface area contributed by atoms with E-state index >= 15 is 0 Å². The van der Waals surface area contributed by atoms with E-state index in [0.717, 1.165) is 19.3 Å². The molecule has 0 aliphatic heterocycles. The topological polar surface area (TPSA) is 36.5 Å². The highest BCUT2D eigenvalue weighted by atomic mass is 127. The van der Waals surface area contributed by atoms with Gasteiger partial charge in [0.25, 0.3) is 0 Å². The zero-order valence-corrected chi connectivity index (χ0v) is 13.2. The molecule has 0 bridgehead atoms. The fraction of sp³-hybridized carbons (Fsp3) is 0.500. The Morgan fingerprint density at radius 2 is 1.50 bits per heavy atom. The van der Waals surface area contributed by atoms with Gasteiger partial charge >= 0.3 is 0 Å². The van der Waals surface area contributed by atoms with Crippen molar-refractivity contribution >= 4 is 45.8 Å². The molecule has 0 radical (unpaired) electrons. The van der Waals surface area contributed by atoms with E-state index in [4.69, 9.17) is 23.2 Å². The maximum atomic E-state index is 5.84. The molecule has 1 aromatic rings. The van der Waals surface area contributed by atoms with Crippen molar-refractivity contribution in [2.75, 3.05) is 11.8 Å². The summed E-state index contributed by atoms with van der Waals surface area (Å²) in [5.41, 5.74) is 1.36. The predicted molar refractivity (Wildman–Crippen MR) is 83.6 cm³/mol. The van der Waals surface area contributed by atoms with Gasteiger partial charge in [-0.15, -0.1) is 23.2 Å². The molecule has 0 saturated heterocycles. The SMILES string of the molecule is ClCCC(I)(CCCl)Cc1ccccc1.[NH4+]. The van der Waals surface area contributed by atoms with E-state index in [-0.39, 0.29) is 9.57 Å². The minimum Gasteiger partial charge on any atom is -0.369 e. The third-order valence-electron chi connectivity index (χ3n) is 2.45. The molecule has 0 unspecified atom stereocenters. The molecule has 92 valence electrons. The Bertz CT molecular complexity index is 274. The number of alkyl halides is 3. The van der Waals surface area contributed by atoms with Crippen LogP contribution in [0.4, 0.5) is 0 Å². The van der Waals surface area contributed by atoms with Crippen LogP contribution in [0.3, 0.4) is 0 Å². The first-order chi connectivity index (χ1) is 7.20. The van der Waals surface area contributed by atoms with E-state index in [1.54, 1.807) is 0 Å². The van der Waals surface area contributed by atoms with Crippen molar-refractivity contribution < 1.29 is 0 Å². The molecule has 0 saturated carbocycles. The first-order valence-electron chi connectivity index (χ1n) is 5.05. The summed E-state index contributed by atoms with van der Waals surface area (Å²) in [5.74, 6) is 1.40. The summed E-state index contributed by atoms with van der Waals surface area (Å²) < 4.78 is 0.211. The Morgan fingerprint density at radius 3 is 1.94 bits per heavy atom. The van der Waals surface area contributed by atoms with Crippen molar-refractivity contribution in [2.24, 2.45) is 0 Å². The van der Waals surface area contributed by atoms with Gasteiger partial charge in [-0.05, 0) is 24.8 Å². The zero-order valence-electron chi connectivity index (χ0n) is 9.56. The van der Waals surface area contributed by atoms with E-state index in [9.17, 15) is 0 Å². The highest BCUT2D eigenvalue weighted by molar-refractivity contribution is 14.1. The van der Waals surface area contributed by atoms with Gasteiger partial charge in [0.2, 0.25) is 0 Å². The average molecular weight is 375 g/mol. The normalized spacial score (nSPS) is 10.9. The number of hydrogen-bond acceptors (Lipinski definition) is 0. The lowest BCUT2D eigenvalue weighted by Gasteiger charge is -2.26. The Hall–Kier alpha value is 0.490. The number of benzene rings is 1. The molecule has 0 aromatic heterocycles. The van der Waals surface area contributed by atoms with E-state index < -0.39 is 0 Å². The average Bonchev–Trinajstić information content (AvgIpc) is 2.19. The fourth-order valence-electron chi connectivity index (χ4n) is 1.60. The lowest BCUT2D eigenvalue weighted by atomic mass is 9.94. The van der Waals surface area contributed by atoms with Crippen LogP contribution in [0.25, 0.3) is 0 Å². The van der Waals surface area contributed by atoms with Crippen molar-refractivity contribution in [3.63, 3.8) is 0 Å². The summed E-state index contributed by atoms with van der Waals surface area (Å²) in [4.78, 5) is 0. The molecule has 0 atom stereocenters. The Balaban J connectivity index is 0.00000225. The number of halogens is 3. The van der Waals surface area contributed by atoms with Crippen molar-refractivity contribution in [3.05, 3.63) is 35.9 Å². The van der Waals surface area contributed by atoms with Gasteiger partial charge in [0.1, 0.15) is 0 Å². The van der Waals surface area contributed by atoms with Gasteiger partial charge < -0.3 is 6.15 Å². The molecule has 0 aliphatic carbocycles. The maximum Gasteiger partial charge on any atom is 0.0285 e. The summed E-state index contributed by atoms with van der Waals surface area (Å²) in [6.45, 7) is 0. The largest absolute Gasteiger partial charge is 0.369 e. The second kappa shape index (κ2) is 8.56. The Morgan fingerprint density at radius 1 is 1.00 bits per heavy atom. The summed E-state index contributed by atoms with van der Waals surface area (Å²) in [7, 11) is 0. The fourth-order valence-corrected chi connectivity index (χ4v) is 3.94. The number of hydrogen-bond donors (Lipinski definition) is 1. The molecule has 4 heteroatoms. The van der Waals surface area contributed by atoms with E-state index in [1.165, 1.54) is 5.56 Å². The smallest absolute Gasteiger partial charge is 0.0285 e. The minimum atomic E-state index is 0. The van der Waals surface area contributed by atoms with Gasteiger partial charge in [-0.2, -0.15) is 0 Å². The Kier molecular flexibility index (Phi) is 8.82. The van der Waals surface area contributed by atoms with Crippen LogP contribution in [0.1, 0.15) is 18.4 Å². The van der Waals surface area contributed by atoms with Crippen molar-refractivity contribution in [2.45, 2.75) is 22.7 Å². The highest BCUT2D eigenvalue weighted by Gasteiger charge is 2.25. The number of rotatable bonds is 6. The quantitative estimate of drug-likeness (QED) is 0.535. The van der Waals surface area contributed by atoms with Crippen molar-refractivity contribution in [1.29, 1.82) is 0 Å². The van der Waals surface area contributed by atoms with Gasteiger partial charge in [0.05, 0.1) is 0 Å². The maximum absolute atomic E-state index is 5.84. The molecular formula is C12H19Cl2IN+. The van der Waals surface area contributed by atoms with E-state index in [2.05, 4.69) is 46.9 Å². The van der Waals surface area contributed by atoms with Crippen LogP contribution in [0.15, 0.2) is 30.3 Å². The van der Waals surface area contributed by atoms with E-state index in [1.807, 2.05) is 6.07 Å². The van der Waals surface area contributed by atoms with Gasteiger partial charge in [-0.1, -0.05) is 52.9 Å². The van der Waals surface area contributed by atoms with Gasteiger partial charge in [0.15, 0.2) is 0 Å². The van der Waals surface area contributed by atoms with Crippen LogP contribution in [0.5, 0.6) is 0 Å². The third-order valence-corrected chi connectivity index (χ3v) is 4.29. The summed E-state index contributed by atoms with van der Waals surface area (Å²) in [6, 6.07) is 10.5. The molecule has 4 N–H and O–H groups in total. The predicted octanol–water partition coefficient (Wildman–Crippen LogP) is 5.04. The van der Waals surface area contributed by atoms with Crippen LogP contribution in [0, 0.1) is 0 Å². The molecule has 16 heavy (non-hydrogen) atoms. The van der Waals surface area contributed by atoms with Crippen LogP contribution in [0.2, 0.25) is 0 Å². The standard InChI is InChI=1S/C12H15Cl2I.H3N/c13-8-6-12(15,7-9-14)10-11-4-2-1-3-5-11;/h1-5H,6-10H2;1H3/p+1. The van der Waals surface area contributed by atoms with Crippen LogP contribution < -0.4 is 6.15 Å². The lowest BCUT2D eigenvalue weighted by molar-refractivity contribution is 0.580. The molecule has 1 aromatic carbocycles. The molecule has 0 spiro atoms. The van der Waals surface area contributed by atoms with Gasteiger partial charge in [-0.25, -0.2) is 0 Å². The van der Waals surface area contributed by atoms with Crippen LogP contribution in [-0.4, -0.2) is 15.2 Å².